The molecule has 0 fully saturated rings. The van der Waals surface area contributed by atoms with Gasteiger partial charge in [0.1, 0.15) is 23.0 Å². The minimum absolute atomic E-state index is 0.0111. The van der Waals surface area contributed by atoms with Crippen LogP contribution in [0.25, 0.3) is 0 Å². The SMILES string of the molecule is COc1ccc(OC(=O)Oc2ccc(OC)cc2C=O)c(C=O)c1. The molecule has 0 aliphatic rings. The molecule has 0 aliphatic carbocycles. The number of benzene rings is 2. The molecule has 2 aromatic carbocycles. The first kappa shape index (κ1) is 17.0. The van der Waals surface area contributed by atoms with Crippen LogP contribution in [0.4, 0.5) is 4.79 Å². The molecule has 0 bridgehead atoms. The predicted molar refractivity (Wildman–Crippen MR) is 83.4 cm³/mol. The van der Waals surface area contributed by atoms with Gasteiger partial charge in [-0.05, 0) is 36.4 Å². The smallest absolute Gasteiger partial charge is 0.497 e. The van der Waals surface area contributed by atoms with Crippen molar-refractivity contribution in [2.45, 2.75) is 0 Å². The minimum Gasteiger partial charge on any atom is -0.497 e. The Morgan fingerprint density at radius 2 is 1.21 bits per heavy atom. The molecule has 0 atom stereocenters. The zero-order valence-corrected chi connectivity index (χ0v) is 13.0. The Kier molecular flexibility index (Phi) is 5.51. The maximum atomic E-state index is 11.9. The van der Waals surface area contributed by atoms with E-state index in [-0.39, 0.29) is 22.6 Å². The summed E-state index contributed by atoms with van der Waals surface area (Å²) in [5.41, 5.74) is 0.244. The predicted octanol–water partition coefficient (Wildman–Crippen LogP) is 2.91. The van der Waals surface area contributed by atoms with Gasteiger partial charge in [-0.3, -0.25) is 9.59 Å². The monoisotopic (exact) mass is 330 g/mol. The van der Waals surface area contributed by atoms with Crippen LogP contribution in [0.2, 0.25) is 0 Å². The van der Waals surface area contributed by atoms with Gasteiger partial charge >= 0.3 is 6.16 Å². The standard InChI is InChI=1S/C17H14O7/c1-21-13-3-5-15(11(7-13)9-18)23-17(20)24-16-6-4-14(22-2)8-12(16)10-19/h3-10H,1-2H3. The number of rotatable bonds is 6. The van der Waals surface area contributed by atoms with Crippen molar-refractivity contribution in [3.05, 3.63) is 47.5 Å². The summed E-state index contributed by atoms with van der Waals surface area (Å²) >= 11 is 0. The Labute approximate surface area is 137 Å². The highest BCUT2D eigenvalue weighted by Crippen LogP contribution is 2.25. The van der Waals surface area contributed by atoms with E-state index in [9.17, 15) is 14.4 Å². The van der Waals surface area contributed by atoms with Gasteiger partial charge in [0.15, 0.2) is 12.6 Å². The number of ether oxygens (including phenoxy) is 4. The summed E-state index contributed by atoms with van der Waals surface area (Å²) in [5.74, 6) is 0.904. The fourth-order valence-corrected chi connectivity index (χ4v) is 1.88. The van der Waals surface area contributed by atoms with E-state index in [1.54, 1.807) is 0 Å². The van der Waals surface area contributed by atoms with Crippen LogP contribution in [0.1, 0.15) is 20.7 Å². The van der Waals surface area contributed by atoms with E-state index in [2.05, 4.69) is 0 Å². The van der Waals surface area contributed by atoms with Gasteiger partial charge in [-0.2, -0.15) is 0 Å². The first-order valence-electron chi connectivity index (χ1n) is 6.77. The molecule has 24 heavy (non-hydrogen) atoms. The second kappa shape index (κ2) is 7.77. The van der Waals surface area contributed by atoms with Crippen molar-refractivity contribution >= 4 is 18.7 Å². The summed E-state index contributed by atoms with van der Waals surface area (Å²) < 4.78 is 20.0. The Balaban J connectivity index is 2.17. The Hall–Kier alpha value is -3.35. The van der Waals surface area contributed by atoms with Crippen LogP contribution in [0, 0.1) is 0 Å². The van der Waals surface area contributed by atoms with Crippen LogP contribution in [0.5, 0.6) is 23.0 Å². The van der Waals surface area contributed by atoms with Crippen LogP contribution in [-0.4, -0.2) is 32.9 Å². The average Bonchev–Trinajstić information content (AvgIpc) is 2.62. The average molecular weight is 330 g/mol. The lowest BCUT2D eigenvalue weighted by atomic mass is 10.2. The zero-order valence-electron chi connectivity index (χ0n) is 13.0. The van der Waals surface area contributed by atoms with Gasteiger partial charge in [-0.15, -0.1) is 0 Å². The molecule has 0 saturated carbocycles. The molecule has 0 unspecified atom stereocenters. The molecule has 2 aromatic rings. The van der Waals surface area contributed by atoms with Gasteiger partial charge in [0.05, 0.1) is 25.3 Å². The van der Waals surface area contributed by atoms with Gasteiger partial charge in [-0.25, -0.2) is 4.79 Å². The van der Waals surface area contributed by atoms with E-state index in [0.29, 0.717) is 24.1 Å². The van der Waals surface area contributed by atoms with E-state index < -0.39 is 6.16 Å². The summed E-state index contributed by atoms with van der Waals surface area (Å²) in [5, 5.41) is 0. The summed E-state index contributed by atoms with van der Waals surface area (Å²) in [4.78, 5) is 34.0. The van der Waals surface area contributed by atoms with Crippen molar-refractivity contribution in [1.29, 1.82) is 0 Å². The lowest BCUT2D eigenvalue weighted by Crippen LogP contribution is -2.15. The molecular formula is C17H14O7. The third-order valence-corrected chi connectivity index (χ3v) is 3.07. The second-order valence-corrected chi connectivity index (χ2v) is 4.50. The molecule has 0 N–H and O–H groups in total. The fraction of sp³-hybridized carbons (Fsp3) is 0.118. The molecule has 0 aromatic heterocycles. The molecule has 0 saturated heterocycles. The van der Waals surface area contributed by atoms with E-state index in [4.69, 9.17) is 18.9 Å². The van der Waals surface area contributed by atoms with Gasteiger partial charge in [0.2, 0.25) is 0 Å². The molecule has 124 valence electrons. The maximum Gasteiger partial charge on any atom is 0.519 e. The van der Waals surface area contributed by atoms with Crippen molar-refractivity contribution in [1.82, 2.24) is 0 Å². The van der Waals surface area contributed by atoms with E-state index in [1.807, 2.05) is 0 Å². The van der Waals surface area contributed by atoms with Crippen molar-refractivity contribution in [2.24, 2.45) is 0 Å². The summed E-state index contributed by atoms with van der Waals surface area (Å²) in [7, 11) is 2.90. The van der Waals surface area contributed by atoms with Gasteiger partial charge in [-0.1, -0.05) is 0 Å². The molecule has 0 aliphatic heterocycles. The fourth-order valence-electron chi connectivity index (χ4n) is 1.88. The molecule has 2 rings (SSSR count). The number of aldehydes is 2. The maximum absolute atomic E-state index is 11.9. The van der Waals surface area contributed by atoms with Crippen LogP contribution in [0.3, 0.4) is 0 Å². The third kappa shape index (κ3) is 3.89. The topological polar surface area (TPSA) is 88.1 Å². The highest BCUT2D eigenvalue weighted by atomic mass is 16.7. The van der Waals surface area contributed by atoms with Gasteiger partial charge < -0.3 is 18.9 Å². The Morgan fingerprint density at radius 3 is 1.54 bits per heavy atom. The molecule has 0 spiro atoms. The molecule has 0 amide bonds. The number of methoxy groups -OCH3 is 2. The Bertz CT molecular complexity index is 704. The molecule has 7 heteroatoms. The molecule has 7 nitrogen and oxygen atoms in total. The normalized spacial score (nSPS) is 9.75. The number of carbonyl (C=O) groups excluding carboxylic acids is 3. The molecular weight excluding hydrogens is 316 g/mol. The summed E-state index contributed by atoms with van der Waals surface area (Å²) in [6.07, 6.45) is -0.0402. The summed E-state index contributed by atoms with van der Waals surface area (Å²) in [6, 6.07) is 8.69. The minimum atomic E-state index is -1.09. The second-order valence-electron chi connectivity index (χ2n) is 4.50. The first-order chi connectivity index (χ1) is 11.6. The van der Waals surface area contributed by atoms with Crippen molar-refractivity contribution in [3.8, 4) is 23.0 Å². The van der Waals surface area contributed by atoms with Crippen LogP contribution in [-0.2, 0) is 0 Å². The highest BCUT2D eigenvalue weighted by Gasteiger charge is 2.15. The lowest BCUT2D eigenvalue weighted by Gasteiger charge is -2.10. The number of hydrogen-bond donors (Lipinski definition) is 0. The van der Waals surface area contributed by atoms with Gasteiger partial charge in [0.25, 0.3) is 0 Å². The lowest BCUT2D eigenvalue weighted by molar-refractivity contribution is 0.111. The third-order valence-electron chi connectivity index (χ3n) is 3.07. The van der Waals surface area contributed by atoms with E-state index in [0.717, 1.165) is 0 Å². The van der Waals surface area contributed by atoms with Crippen LogP contribution in [0.15, 0.2) is 36.4 Å². The Morgan fingerprint density at radius 1 is 0.792 bits per heavy atom. The van der Waals surface area contributed by atoms with Crippen molar-refractivity contribution < 1.29 is 33.3 Å². The van der Waals surface area contributed by atoms with Crippen molar-refractivity contribution in [3.63, 3.8) is 0 Å². The van der Waals surface area contributed by atoms with E-state index in [1.165, 1.54) is 50.6 Å². The largest absolute Gasteiger partial charge is 0.519 e. The zero-order chi connectivity index (χ0) is 17.5. The van der Waals surface area contributed by atoms with Crippen LogP contribution >= 0.6 is 0 Å². The van der Waals surface area contributed by atoms with Crippen LogP contribution < -0.4 is 18.9 Å². The van der Waals surface area contributed by atoms with Crippen molar-refractivity contribution in [2.75, 3.05) is 14.2 Å². The number of hydrogen-bond acceptors (Lipinski definition) is 7. The summed E-state index contributed by atoms with van der Waals surface area (Å²) in [6.45, 7) is 0. The quantitative estimate of drug-likeness (QED) is 0.457. The highest BCUT2D eigenvalue weighted by molar-refractivity contribution is 5.84. The van der Waals surface area contributed by atoms with E-state index >= 15 is 0 Å². The first-order valence-corrected chi connectivity index (χ1v) is 6.77. The molecule has 0 heterocycles. The molecule has 0 radical (unpaired) electrons. The van der Waals surface area contributed by atoms with Gasteiger partial charge in [0, 0.05) is 0 Å². The number of carbonyl (C=O) groups is 3.